The average Bonchev–Trinajstić information content (AvgIpc) is 2.91. The van der Waals surface area contributed by atoms with Crippen molar-refractivity contribution in [1.82, 2.24) is 0 Å². The predicted molar refractivity (Wildman–Crippen MR) is 85.8 cm³/mol. The van der Waals surface area contributed by atoms with E-state index < -0.39 is 0 Å². The first-order valence-corrected chi connectivity index (χ1v) is 9.04. The molecule has 1 heterocycles. The Morgan fingerprint density at radius 2 is 1.56 bits per heavy atom. The third-order valence-electron chi connectivity index (χ3n) is 3.77. The van der Waals surface area contributed by atoms with Crippen molar-refractivity contribution in [2.75, 3.05) is 12.3 Å². The Kier molecular flexibility index (Phi) is 9.73. The van der Waals surface area contributed by atoms with Gasteiger partial charge in [-0.15, -0.1) is 11.8 Å². The van der Waals surface area contributed by atoms with Gasteiger partial charge in [-0.05, 0) is 12.8 Å². The van der Waals surface area contributed by atoms with Crippen LogP contribution in [0.3, 0.4) is 0 Å². The summed E-state index contributed by atoms with van der Waals surface area (Å²) < 4.78 is 0. The summed E-state index contributed by atoms with van der Waals surface area (Å²) in [6, 6.07) is 0. The van der Waals surface area contributed by atoms with Gasteiger partial charge in [-0.2, -0.15) is 0 Å². The van der Waals surface area contributed by atoms with E-state index in [1.165, 1.54) is 75.0 Å². The van der Waals surface area contributed by atoms with Crippen molar-refractivity contribution in [3.8, 4) is 0 Å². The summed E-state index contributed by atoms with van der Waals surface area (Å²) in [5.74, 6) is 2.03. The molecule has 0 fully saturated rings. The lowest BCUT2D eigenvalue weighted by atomic mass is 9.95. The van der Waals surface area contributed by atoms with Crippen LogP contribution in [0.1, 0.15) is 78.1 Å². The molecule has 0 aromatic carbocycles. The summed E-state index contributed by atoms with van der Waals surface area (Å²) in [5, 5.41) is 1.49. The summed E-state index contributed by atoms with van der Waals surface area (Å²) in [7, 11) is 0. The Morgan fingerprint density at radius 1 is 0.944 bits per heavy atom. The molecule has 0 N–H and O–H groups in total. The molecule has 0 radical (unpaired) electrons. The molecule has 0 spiro atoms. The standard InChI is InChI=1S/C16H31NS/c1-3-5-7-9-11-15(12-10-8-6-4-2)16-17-13-14-18-16/h15H,3-14H2,1-2H3. The fraction of sp³-hybridized carbons (Fsp3) is 0.938. The molecule has 0 bridgehead atoms. The van der Waals surface area contributed by atoms with Crippen molar-refractivity contribution in [2.45, 2.75) is 78.1 Å². The topological polar surface area (TPSA) is 12.4 Å². The smallest absolute Gasteiger partial charge is 0.0707 e. The van der Waals surface area contributed by atoms with Crippen LogP contribution in [0.15, 0.2) is 4.99 Å². The first-order chi connectivity index (χ1) is 8.88. The van der Waals surface area contributed by atoms with Gasteiger partial charge >= 0.3 is 0 Å². The first kappa shape index (κ1) is 16.1. The number of thioether (sulfide) groups is 1. The van der Waals surface area contributed by atoms with Crippen molar-refractivity contribution >= 4 is 16.8 Å². The molecule has 1 aliphatic heterocycles. The third-order valence-corrected chi connectivity index (χ3v) is 4.92. The van der Waals surface area contributed by atoms with Gasteiger partial charge in [0.2, 0.25) is 0 Å². The molecule has 0 saturated carbocycles. The molecule has 0 saturated heterocycles. The Hall–Kier alpha value is 0.0200. The van der Waals surface area contributed by atoms with E-state index in [-0.39, 0.29) is 0 Å². The molecule has 2 heteroatoms. The van der Waals surface area contributed by atoms with Gasteiger partial charge < -0.3 is 0 Å². The zero-order chi connectivity index (χ0) is 13.1. The number of aliphatic imine (C=N–C) groups is 1. The second-order valence-electron chi connectivity index (χ2n) is 5.46. The van der Waals surface area contributed by atoms with E-state index >= 15 is 0 Å². The van der Waals surface area contributed by atoms with Crippen molar-refractivity contribution in [3.63, 3.8) is 0 Å². The molecule has 106 valence electrons. The monoisotopic (exact) mass is 269 g/mol. The van der Waals surface area contributed by atoms with Crippen LogP contribution < -0.4 is 0 Å². The van der Waals surface area contributed by atoms with E-state index in [0.29, 0.717) is 0 Å². The molecule has 18 heavy (non-hydrogen) atoms. The van der Waals surface area contributed by atoms with Crippen molar-refractivity contribution in [2.24, 2.45) is 10.9 Å². The molecule has 0 amide bonds. The highest BCUT2D eigenvalue weighted by Crippen LogP contribution is 2.27. The molecule has 0 aromatic rings. The fourth-order valence-corrected chi connectivity index (χ4v) is 3.67. The molecule has 0 aromatic heterocycles. The van der Waals surface area contributed by atoms with Crippen LogP contribution in [0.5, 0.6) is 0 Å². The number of hydrogen-bond acceptors (Lipinski definition) is 2. The summed E-state index contributed by atoms with van der Waals surface area (Å²) in [6.07, 6.45) is 13.9. The van der Waals surface area contributed by atoms with Crippen LogP contribution in [0.25, 0.3) is 0 Å². The lowest BCUT2D eigenvalue weighted by Gasteiger charge is -2.16. The maximum atomic E-state index is 4.71. The van der Waals surface area contributed by atoms with Crippen LogP contribution in [-0.4, -0.2) is 17.3 Å². The van der Waals surface area contributed by atoms with Crippen LogP contribution in [-0.2, 0) is 0 Å². The number of unbranched alkanes of at least 4 members (excludes halogenated alkanes) is 6. The van der Waals surface area contributed by atoms with E-state index in [2.05, 4.69) is 13.8 Å². The van der Waals surface area contributed by atoms with Gasteiger partial charge in [0.25, 0.3) is 0 Å². The van der Waals surface area contributed by atoms with Crippen LogP contribution in [0, 0.1) is 5.92 Å². The maximum absolute atomic E-state index is 4.71. The summed E-state index contributed by atoms with van der Waals surface area (Å²) in [5.41, 5.74) is 0. The normalized spacial score (nSPS) is 15.4. The number of nitrogens with zero attached hydrogens (tertiary/aromatic N) is 1. The molecular weight excluding hydrogens is 238 g/mol. The van der Waals surface area contributed by atoms with E-state index in [1.807, 2.05) is 11.8 Å². The predicted octanol–water partition coefficient (Wildman–Crippen LogP) is 5.69. The summed E-state index contributed by atoms with van der Waals surface area (Å²) in [6.45, 7) is 5.65. The Bertz CT molecular complexity index is 213. The van der Waals surface area contributed by atoms with Crippen molar-refractivity contribution in [1.29, 1.82) is 0 Å². The second kappa shape index (κ2) is 10.9. The minimum atomic E-state index is 0.797. The Balaban J connectivity index is 2.23. The second-order valence-corrected chi connectivity index (χ2v) is 6.58. The van der Waals surface area contributed by atoms with Gasteiger partial charge in [0.05, 0.1) is 5.04 Å². The van der Waals surface area contributed by atoms with E-state index in [1.54, 1.807) is 0 Å². The van der Waals surface area contributed by atoms with Gasteiger partial charge in [0.15, 0.2) is 0 Å². The lowest BCUT2D eigenvalue weighted by molar-refractivity contribution is 0.497. The molecule has 0 atom stereocenters. The molecule has 1 aliphatic rings. The van der Waals surface area contributed by atoms with Crippen molar-refractivity contribution in [3.05, 3.63) is 0 Å². The molecule has 1 nitrogen and oxygen atoms in total. The zero-order valence-corrected chi connectivity index (χ0v) is 13.2. The third kappa shape index (κ3) is 6.82. The average molecular weight is 269 g/mol. The number of rotatable bonds is 11. The molecule has 0 unspecified atom stereocenters. The molecular formula is C16H31NS. The lowest BCUT2D eigenvalue weighted by Crippen LogP contribution is -2.10. The highest BCUT2D eigenvalue weighted by molar-refractivity contribution is 8.14. The first-order valence-electron chi connectivity index (χ1n) is 8.05. The van der Waals surface area contributed by atoms with Crippen molar-refractivity contribution < 1.29 is 0 Å². The highest BCUT2D eigenvalue weighted by atomic mass is 32.2. The van der Waals surface area contributed by atoms with Crippen LogP contribution in [0.4, 0.5) is 0 Å². The van der Waals surface area contributed by atoms with Crippen LogP contribution in [0.2, 0.25) is 0 Å². The Labute approximate surface area is 118 Å². The van der Waals surface area contributed by atoms with Gasteiger partial charge in [0.1, 0.15) is 0 Å². The highest BCUT2D eigenvalue weighted by Gasteiger charge is 2.18. The van der Waals surface area contributed by atoms with Gasteiger partial charge in [-0.1, -0.05) is 65.2 Å². The van der Waals surface area contributed by atoms with E-state index in [0.717, 1.165) is 12.5 Å². The molecule has 0 aliphatic carbocycles. The number of hydrogen-bond donors (Lipinski definition) is 0. The van der Waals surface area contributed by atoms with Gasteiger partial charge in [-0.25, -0.2) is 0 Å². The quantitative estimate of drug-likeness (QED) is 0.439. The molecule has 1 rings (SSSR count). The largest absolute Gasteiger partial charge is 0.282 e. The summed E-state index contributed by atoms with van der Waals surface area (Å²) in [4.78, 5) is 4.71. The van der Waals surface area contributed by atoms with E-state index in [9.17, 15) is 0 Å². The van der Waals surface area contributed by atoms with Crippen LogP contribution >= 0.6 is 11.8 Å². The Morgan fingerprint density at radius 3 is 2.00 bits per heavy atom. The van der Waals surface area contributed by atoms with Gasteiger partial charge in [0, 0.05) is 18.2 Å². The zero-order valence-electron chi connectivity index (χ0n) is 12.4. The SMILES string of the molecule is CCCCCCC(CCCCCC)C1=NCCS1. The van der Waals surface area contributed by atoms with Gasteiger partial charge in [-0.3, -0.25) is 4.99 Å². The maximum Gasteiger partial charge on any atom is 0.0707 e. The summed E-state index contributed by atoms with van der Waals surface area (Å²) >= 11 is 2.03. The van der Waals surface area contributed by atoms with E-state index in [4.69, 9.17) is 4.99 Å². The fourth-order valence-electron chi connectivity index (χ4n) is 2.62. The minimum Gasteiger partial charge on any atom is -0.282 e. The minimum absolute atomic E-state index is 0.797.